The summed E-state index contributed by atoms with van der Waals surface area (Å²) < 4.78 is 5.32. The van der Waals surface area contributed by atoms with Gasteiger partial charge in [-0.15, -0.1) is 0 Å². The molecule has 0 aromatic rings. The average molecular weight is 253 g/mol. The van der Waals surface area contributed by atoms with E-state index in [0.29, 0.717) is 12.3 Å². The molecule has 0 rings (SSSR count). The Morgan fingerprint density at radius 2 is 2.06 bits per heavy atom. The Balaban J connectivity index is 3.84. The largest absolute Gasteiger partial charge is 0.381 e. The number of nitrogens with one attached hydrogen (secondary N) is 1. The number of ether oxygens (including phenoxy) is 1. The molecule has 0 fully saturated rings. The number of rotatable bonds is 9. The summed E-state index contributed by atoms with van der Waals surface area (Å²) in [5.41, 5.74) is 0. The van der Waals surface area contributed by atoms with E-state index in [0.717, 1.165) is 19.4 Å². The van der Waals surface area contributed by atoms with Crippen molar-refractivity contribution in [3.8, 4) is 0 Å². The molecular weight excluding hydrogens is 226 g/mol. The first-order valence-corrected chi connectivity index (χ1v) is 6.67. The summed E-state index contributed by atoms with van der Waals surface area (Å²) in [4.78, 5) is 11.6. The van der Waals surface area contributed by atoms with E-state index in [2.05, 4.69) is 25.2 Å². The highest BCUT2D eigenvalue weighted by Gasteiger charge is 2.12. The fourth-order valence-electron chi connectivity index (χ4n) is 1.47. The van der Waals surface area contributed by atoms with E-state index in [1.54, 1.807) is 7.11 Å². The predicted octanol–water partition coefficient (Wildman–Crippen LogP) is 3.08. The Hall–Kier alpha value is -1.09. The number of methoxy groups -OCH3 is 1. The van der Waals surface area contributed by atoms with Crippen LogP contribution in [0, 0.1) is 5.92 Å². The van der Waals surface area contributed by atoms with Gasteiger partial charge < -0.3 is 10.1 Å². The van der Waals surface area contributed by atoms with Crippen molar-refractivity contribution in [2.24, 2.45) is 5.92 Å². The standard InChI is InChI=1S/C15H27NO2/c1-5-6-7-8-9-10-14(18-4)11-15(17)16-12-13(2)3/h5-8,13-14H,9-12H2,1-4H3,(H,16,17). The summed E-state index contributed by atoms with van der Waals surface area (Å²) in [6.45, 7) is 6.89. The van der Waals surface area contributed by atoms with Crippen molar-refractivity contribution in [2.75, 3.05) is 13.7 Å². The van der Waals surface area contributed by atoms with Crippen LogP contribution in [0.15, 0.2) is 24.3 Å². The number of carbonyl (C=O) groups excluding carboxylic acids is 1. The highest BCUT2D eigenvalue weighted by atomic mass is 16.5. The number of amides is 1. The van der Waals surface area contributed by atoms with Gasteiger partial charge in [0.2, 0.25) is 5.91 Å². The second-order valence-corrected chi connectivity index (χ2v) is 4.79. The zero-order chi connectivity index (χ0) is 13.8. The quantitative estimate of drug-likeness (QED) is 0.641. The van der Waals surface area contributed by atoms with E-state index in [9.17, 15) is 4.79 Å². The molecule has 0 aromatic carbocycles. The SMILES string of the molecule is CC=CC=CCCC(CC(=O)NCC(C)C)OC. The molecule has 1 amide bonds. The van der Waals surface area contributed by atoms with Crippen LogP contribution in [0.1, 0.15) is 40.0 Å². The lowest BCUT2D eigenvalue weighted by molar-refractivity contribution is -0.123. The van der Waals surface area contributed by atoms with Crippen molar-refractivity contribution >= 4 is 5.91 Å². The van der Waals surface area contributed by atoms with E-state index in [-0.39, 0.29) is 12.0 Å². The van der Waals surface area contributed by atoms with E-state index in [1.807, 2.05) is 25.2 Å². The Morgan fingerprint density at radius 1 is 1.33 bits per heavy atom. The normalized spacial score (nSPS) is 13.6. The molecule has 0 saturated carbocycles. The van der Waals surface area contributed by atoms with Crippen molar-refractivity contribution in [2.45, 2.75) is 46.1 Å². The van der Waals surface area contributed by atoms with Crippen molar-refractivity contribution in [3.05, 3.63) is 24.3 Å². The van der Waals surface area contributed by atoms with Gasteiger partial charge in [-0.2, -0.15) is 0 Å². The molecule has 0 spiro atoms. The molecule has 1 atom stereocenters. The summed E-state index contributed by atoms with van der Waals surface area (Å²) in [5.74, 6) is 0.562. The van der Waals surface area contributed by atoms with Gasteiger partial charge in [0.15, 0.2) is 0 Å². The molecular formula is C15H27NO2. The van der Waals surface area contributed by atoms with Crippen molar-refractivity contribution in [3.63, 3.8) is 0 Å². The summed E-state index contributed by atoms with van der Waals surface area (Å²) in [6.07, 6.45) is 10.4. The summed E-state index contributed by atoms with van der Waals surface area (Å²) in [7, 11) is 1.66. The first kappa shape index (κ1) is 16.9. The van der Waals surface area contributed by atoms with Crippen LogP contribution in [0.3, 0.4) is 0 Å². The van der Waals surface area contributed by atoms with E-state index in [4.69, 9.17) is 4.74 Å². The average Bonchev–Trinajstić information content (AvgIpc) is 2.34. The van der Waals surface area contributed by atoms with E-state index < -0.39 is 0 Å². The van der Waals surface area contributed by atoms with Crippen LogP contribution in [0.2, 0.25) is 0 Å². The first-order chi connectivity index (χ1) is 8.60. The van der Waals surface area contributed by atoms with Crippen molar-refractivity contribution in [1.29, 1.82) is 0 Å². The van der Waals surface area contributed by atoms with Crippen LogP contribution in [-0.4, -0.2) is 25.7 Å². The molecule has 3 nitrogen and oxygen atoms in total. The molecule has 0 bridgehead atoms. The zero-order valence-corrected chi connectivity index (χ0v) is 12.1. The van der Waals surface area contributed by atoms with Crippen LogP contribution in [0.4, 0.5) is 0 Å². The van der Waals surface area contributed by atoms with Crippen LogP contribution < -0.4 is 5.32 Å². The fraction of sp³-hybridized carbons (Fsp3) is 0.667. The minimum Gasteiger partial charge on any atom is -0.381 e. The fourth-order valence-corrected chi connectivity index (χ4v) is 1.47. The third kappa shape index (κ3) is 10.1. The molecule has 104 valence electrons. The van der Waals surface area contributed by atoms with Crippen LogP contribution in [0.25, 0.3) is 0 Å². The zero-order valence-electron chi connectivity index (χ0n) is 12.1. The Bertz CT molecular complexity index is 270. The molecule has 18 heavy (non-hydrogen) atoms. The molecule has 1 unspecified atom stereocenters. The van der Waals surface area contributed by atoms with Gasteiger partial charge in [-0.25, -0.2) is 0 Å². The third-order valence-corrected chi connectivity index (χ3v) is 2.55. The van der Waals surface area contributed by atoms with Gasteiger partial charge in [0, 0.05) is 13.7 Å². The Morgan fingerprint density at radius 3 is 2.61 bits per heavy atom. The van der Waals surface area contributed by atoms with E-state index in [1.165, 1.54) is 0 Å². The Labute approximate surface area is 111 Å². The van der Waals surface area contributed by atoms with Gasteiger partial charge in [-0.3, -0.25) is 4.79 Å². The van der Waals surface area contributed by atoms with Crippen LogP contribution >= 0.6 is 0 Å². The van der Waals surface area contributed by atoms with Gasteiger partial charge in [0.1, 0.15) is 0 Å². The maximum atomic E-state index is 11.6. The lowest BCUT2D eigenvalue weighted by Gasteiger charge is -2.14. The first-order valence-electron chi connectivity index (χ1n) is 6.67. The van der Waals surface area contributed by atoms with Gasteiger partial charge in [0.25, 0.3) is 0 Å². The topological polar surface area (TPSA) is 38.3 Å². The molecule has 0 aliphatic carbocycles. The minimum atomic E-state index is 0.00687. The minimum absolute atomic E-state index is 0.00687. The number of hydrogen-bond donors (Lipinski definition) is 1. The van der Waals surface area contributed by atoms with Crippen molar-refractivity contribution < 1.29 is 9.53 Å². The number of allylic oxidation sites excluding steroid dienone is 4. The lowest BCUT2D eigenvalue weighted by Crippen LogP contribution is -2.30. The molecule has 3 heteroatoms. The van der Waals surface area contributed by atoms with Gasteiger partial charge >= 0.3 is 0 Å². The molecule has 1 N–H and O–H groups in total. The highest BCUT2D eigenvalue weighted by Crippen LogP contribution is 2.07. The maximum absolute atomic E-state index is 11.6. The lowest BCUT2D eigenvalue weighted by atomic mass is 10.1. The molecule has 0 radical (unpaired) electrons. The van der Waals surface area contributed by atoms with Gasteiger partial charge in [0.05, 0.1) is 12.5 Å². The van der Waals surface area contributed by atoms with Gasteiger partial charge in [-0.05, 0) is 25.7 Å². The van der Waals surface area contributed by atoms with Crippen LogP contribution in [0.5, 0.6) is 0 Å². The predicted molar refractivity (Wildman–Crippen MR) is 76.4 cm³/mol. The highest BCUT2D eigenvalue weighted by molar-refractivity contribution is 5.76. The second-order valence-electron chi connectivity index (χ2n) is 4.79. The molecule has 0 heterocycles. The molecule has 0 aliphatic heterocycles. The molecule has 0 saturated heterocycles. The van der Waals surface area contributed by atoms with Crippen LogP contribution in [-0.2, 0) is 9.53 Å². The number of hydrogen-bond acceptors (Lipinski definition) is 2. The number of carbonyl (C=O) groups is 1. The summed E-state index contributed by atoms with van der Waals surface area (Å²) >= 11 is 0. The molecule has 0 aromatic heterocycles. The third-order valence-electron chi connectivity index (χ3n) is 2.55. The maximum Gasteiger partial charge on any atom is 0.222 e. The van der Waals surface area contributed by atoms with E-state index >= 15 is 0 Å². The molecule has 0 aliphatic rings. The summed E-state index contributed by atoms with van der Waals surface area (Å²) in [5, 5.41) is 2.91. The van der Waals surface area contributed by atoms with Crippen molar-refractivity contribution in [1.82, 2.24) is 5.32 Å². The summed E-state index contributed by atoms with van der Waals surface area (Å²) in [6, 6.07) is 0. The van der Waals surface area contributed by atoms with Gasteiger partial charge in [-0.1, -0.05) is 38.2 Å². The second kappa shape index (κ2) is 11.0. The monoisotopic (exact) mass is 253 g/mol. The Kier molecular flexibility index (Phi) is 10.4. The smallest absolute Gasteiger partial charge is 0.222 e.